The van der Waals surface area contributed by atoms with E-state index in [9.17, 15) is 13.2 Å². The molecule has 114 valence electrons. The number of aliphatic hydroxyl groups is 1. The summed E-state index contributed by atoms with van der Waals surface area (Å²) >= 11 is 1.38. The number of thioether (sulfide) groups is 1. The molecule has 0 aliphatic rings. The first-order valence-corrected chi connectivity index (χ1v) is 8.45. The Morgan fingerprint density at radius 1 is 1.53 bits per heavy atom. The van der Waals surface area contributed by atoms with Gasteiger partial charge in [-0.1, -0.05) is 0 Å². The maximum atomic E-state index is 11.9. The van der Waals surface area contributed by atoms with Crippen LogP contribution < -0.4 is 4.72 Å². The second-order valence-electron chi connectivity index (χ2n) is 4.02. The molecule has 7 nitrogen and oxygen atoms in total. The topological polar surface area (TPSA) is 95.9 Å². The summed E-state index contributed by atoms with van der Waals surface area (Å²) in [5.74, 6) is -0.465. The van der Waals surface area contributed by atoms with Crippen LogP contribution in [0.25, 0.3) is 0 Å². The van der Waals surface area contributed by atoms with Crippen LogP contribution in [0.2, 0.25) is 0 Å². The van der Waals surface area contributed by atoms with Crippen molar-refractivity contribution in [2.45, 2.75) is 24.6 Å². The predicted octanol–water partition coefficient (Wildman–Crippen LogP) is -0.572. The Kier molecular flexibility index (Phi) is 8.59. The third kappa shape index (κ3) is 6.57. The monoisotopic (exact) mass is 314 g/mol. The molecule has 0 saturated heterocycles. The molecule has 2 unspecified atom stereocenters. The zero-order valence-corrected chi connectivity index (χ0v) is 13.3. The van der Waals surface area contributed by atoms with Gasteiger partial charge in [0.15, 0.2) is 0 Å². The van der Waals surface area contributed by atoms with E-state index in [1.165, 1.54) is 25.9 Å². The zero-order valence-electron chi connectivity index (χ0n) is 11.6. The maximum absolute atomic E-state index is 11.9. The highest BCUT2D eigenvalue weighted by Gasteiger charge is 2.24. The van der Waals surface area contributed by atoms with Crippen LogP contribution in [0.5, 0.6) is 0 Å². The second kappa shape index (κ2) is 8.75. The van der Waals surface area contributed by atoms with Crippen LogP contribution >= 0.6 is 11.8 Å². The lowest BCUT2D eigenvalue weighted by molar-refractivity contribution is -0.140. The van der Waals surface area contributed by atoms with E-state index in [4.69, 9.17) is 5.11 Å². The Bertz CT molecular complexity index is 370. The summed E-state index contributed by atoms with van der Waals surface area (Å²) in [6.07, 6.45) is 1.79. The Balaban J connectivity index is 4.48. The SMILES string of the molecule is COC(=O)CCN(C)S(=O)(=O)NC(C)C(CO)SC. The number of ether oxygens (including phenoxy) is 1. The lowest BCUT2D eigenvalue weighted by Crippen LogP contribution is -2.47. The van der Waals surface area contributed by atoms with Crippen molar-refractivity contribution in [1.29, 1.82) is 0 Å². The van der Waals surface area contributed by atoms with Gasteiger partial charge in [-0.3, -0.25) is 4.79 Å². The Labute approximate surface area is 118 Å². The van der Waals surface area contributed by atoms with Gasteiger partial charge in [-0.05, 0) is 13.2 Å². The average Bonchev–Trinajstić information content (AvgIpc) is 2.36. The van der Waals surface area contributed by atoms with Gasteiger partial charge in [0.25, 0.3) is 10.2 Å². The number of hydrogen-bond donors (Lipinski definition) is 2. The number of rotatable bonds is 9. The number of nitrogens with one attached hydrogen (secondary N) is 1. The van der Waals surface area contributed by atoms with Crippen molar-refractivity contribution < 1.29 is 23.1 Å². The van der Waals surface area contributed by atoms with Gasteiger partial charge in [-0.2, -0.15) is 29.2 Å². The summed E-state index contributed by atoms with van der Waals surface area (Å²) in [6.45, 7) is 1.61. The summed E-state index contributed by atoms with van der Waals surface area (Å²) in [4.78, 5) is 11.0. The molecule has 2 atom stereocenters. The molecule has 0 spiro atoms. The molecule has 0 bridgehead atoms. The molecule has 0 fully saturated rings. The fourth-order valence-corrected chi connectivity index (χ4v) is 3.17. The Morgan fingerprint density at radius 2 is 2.11 bits per heavy atom. The number of nitrogens with zero attached hydrogens (tertiary/aromatic N) is 1. The van der Waals surface area contributed by atoms with Gasteiger partial charge in [-0.15, -0.1) is 0 Å². The lowest BCUT2D eigenvalue weighted by Gasteiger charge is -2.24. The molecule has 0 rings (SSSR count). The molecular weight excluding hydrogens is 292 g/mol. The van der Waals surface area contributed by atoms with Gasteiger partial charge < -0.3 is 9.84 Å². The van der Waals surface area contributed by atoms with E-state index in [-0.39, 0.29) is 24.8 Å². The number of carbonyl (C=O) groups is 1. The number of esters is 1. The molecule has 0 aromatic heterocycles. The normalized spacial score (nSPS) is 15.3. The second-order valence-corrected chi connectivity index (χ2v) is 6.90. The fraction of sp³-hybridized carbons (Fsp3) is 0.900. The first kappa shape index (κ1) is 18.7. The van der Waals surface area contributed by atoms with Crippen molar-refractivity contribution in [2.24, 2.45) is 0 Å². The van der Waals surface area contributed by atoms with Crippen LogP contribution in [0.3, 0.4) is 0 Å². The number of aliphatic hydroxyl groups excluding tert-OH is 1. The van der Waals surface area contributed by atoms with E-state index in [2.05, 4.69) is 9.46 Å². The number of methoxy groups -OCH3 is 1. The van der Waals surface area contributed by atoms with Gasteiger partial charge >= 0.3 is 5.97 Å². The van der Waals surface area contributed by atoms with Crippen LogP contribution in [0, 0.1) is 0 Å². The van der Waals surface area contributed by atoms with Crippen LogP contribution in [0.15, 0.2) is 0 Å². The summed E-state index contributed by atoms with van der Waals surface area (Å²) in [5, 5.41) is 8.89. The highest BCUT2D eigenvalue weighted by molar-refractivity contribution is 7.99. The first-order chi connectivity index (χ1) is 8.78. The van der Waals surface area contributed by atoms with Crippen LogP contribution in [-0.2, 0) is 19.7 Å². The molecule has 0 saturated carbocycles. The maximum Gasteiger partial charge on any atom is 0.306 e. The van der Waals surface area contributed by atoms with Crippen LogP contribution in [0.4, 0.5) is 0 Å². The third-order valence-corrected chi connectivity index (χ3v) is 5.48. The molecule has 0 aliphatic heterocycles. The number of carbonyl (C=O) groups excluding carboxylic acids is 1. The molecule has 9 heteroatoms. The van der Waals surface area contributed by atoms with Crippen molar-refractivity contribution in [3.05, 3.63) is 0 Å². The minimum absolute atomic E-state index is 0.00571. The average molecular weight is 314 g/mol. The molecule has 0 aliphatic carbocycles. The number of hydrogen-bond acceptors (Lipinski definition) is 6. The van der Waals surface area contributed by atoms with Gasteiger partial charge in [-0.25, -0.2) is 0 Å². The van der Waals surface area contributed by atoms with E-state index in [1.54, 1.807) is 13.2 Å². The Morgan fingerprint density at radius 3 is 2.53 bits per heavy atom. The largest absolute Gasteiger partial charge is 0.469 e. The zero-order chi connectivity index (χ0) is 15.1. The minimum atomic E-state index is -3.68. The molecular formula is C10H22N2O5S2. The quantitative estimate of drug-likeness (QED) is 0.553. The van der Waals surface area contributed by atoms with E-state index in [1.807, 2.05) is 0 Å². The predicted molar refractivity (Wildman–Crippen MR) is 75.2 cm³/mol. The smallest absolute Gasteiger partial charge is 0.306 e. The Hall–Kier alpha value is -0.350. The molecule has 2 N–H and O–H groups in total. The summed E-state index contributed by atoms with van der Waals surface area (Å²) in [7, 11) is -1.05. The summed E-state index contributed by atoms with van der Waals surface area (Å²) in [5.41, 5.74) is 0. The summed E-state index contributed by atoms with van der Waals surface area (Å²) < 4.78 is 31.9. The van der Waals surface area contributed by atoms with Crippen LogP contribution in [-0.4, -0.2) is 68.7 Å². The molecule has 0 amide bonds. The van der Waals surface area contributed by atoms with Gasteiger partial charge in [0.05, 0.1) is 20.1 Å². The molecule has 0 heterocycles. The fourth-order valence-electron chi connectivity index (χ4n) is 1.31. The summed E-state index contributed by atoms with van der Waals surface area (Å²) in [6, 6.07) is -0.412. The van der Waals surface area contributed by atoms with Gasteiger partial charge in [0.1, 0.15) is 0 Å². The van der Waals surface area contributed by atoms with Gasteiger partial charge in [0.2, 0.25) is 0 Å². The highest BCUT2D eigenvalue weighted by Crippen LogP contribution is 2.11. The van der Waals surface area contributed by atoms with Crippen molar-refractivity contribution in [2.75, 3.05) is 33.6 Å². The molecule has 0 aromatic rings. The van der Waals surface area contributed by atoms with Crippen LogP contribution in [0.1, 0.15) is 13.3 Å². The van der Waals surface area contributed by atoms with Crippen molar-refractivity contribution >= 4 is 27.9 Å². The minimum Gasteiger partial charge on any atom is -0.469 e. The van der Waals surface area contributed by atoms with Gasteiger partial charge in [0, 0.05) is 24.9 Å². The van der Waals surface area contributed by atoms with E-state index < -0.39 is 22.2 Å². The van der Waals surface area contributed by atoms with E-state index >= 15 is 0 Å². The molecule has 0 aromatic carbocycles. The standard InChI is InChI=1S/C10H22N2O5S2/c1-8(9(7-13)18-4)11-19(15,16)12(2)6-5-10(14)17-3/h8-9,11,13H,5-7H2,1-4H3. The third-order valence-electron chi connectivity index (χ3n) is 2.64. The van der Waals surface area contributed by atoms with E-state index in [0.29, 0.717) is 0 Å². The van der Waals surface area contributed by atoms with Crippen molar-refractivity contribution in [3.8, 4) is 0 Å². The first-order valence-electron chi connectivity index (χ1n) is 5.72. The highest BCUT2D eigenvalue weighted by atomic mass is 32.2. The molecule has 19 heavy (non-hydrogen) atoms. The lowest BCUT2D eigenvalue weighted by atomic mass is 10.3. The van der Waals surface area contributed by atoms with E-state index in [0.717, 1.165) is 4.31 Å². The van der Waals surface area contributed by atoms with Crippen molar-refractivity contribution in [1.82, 2.24) is 9.03 Å². The molecule has 0 radical (unpaired) electrons. The van der Waals surface area contributed by atoms with Crippen molar-refractivity contribution in [3.63, 3.8) is 0 Å².